The molecule has 17 heavy (non-hydrogen) atoms. The van der Waals surface area contributed by atoms with Crippen LogP contribution in [0.4, 0.5) is 4.39 Å². The average Bonchev–Trinajstić information content (AvgIpc) is 2.32. The van der Waals surface area contributed by atoms with Crippen molar-refractivity contribution in [1.82, 2.24) is 4.98 Å². The van der Waals surface area contributed by atoms with E-state index in [1.807, 2.05) is 43.3 Å². The summed E-state index contributed by atoms with van der Waals surface area (Å²) in [6.07, 6.45) is 3.84. The summed E-state index contributed by atoms with van der Waals surface area (Å²) in [5.41, 5.74) is 0.932. The summed E-state index contributed by atoms with van der Waals surface area (Å²) in [5.74, 6) is 0.358. The van der Waals surface area contributed by atoms with Crippen molar-refractivity contribution in [3.05, 3.63) is 60.1 Å². The van der Waals surface area contributed by atoms with Crippen LogP contribution >= 0.6 is 0 Å². The van der Waals surface area contributed by atoms with Crippen LogP contribution in [0.5, 0.6) is 11.6 Å². The minimum atomic E-state index is -0.550. The number of halogens is 1. The van der Waals surface area contributed by atoms with Gasteiger partial charge in [0, 0.05) is 11.6 Å². The van der Waals surface area contributed by atoms with Crippen LogP contribution in [0.3, 0.4) is 0 Å². The molecular formula is C14H12FNO. The molecule has 3 heteroatoms. The van der Waals surface area contributed by atoms with E-state index in [9.17, 15) is 4.39 Å². The lowest BCUT2D eigenvalue weighted by atomic mass is 10.2. The third-order valence-electron chi connectivity index (χ3n) is 2.17. The van der Waals surface area contributed by atoms with Crippen LogP contribution in [0.25, 0.3) is 6.08 Å². The zero-order valence-electron chi connectivity index (χ0n) is 9.43. The van der Waals surface area contributed by atoms with E-state index in [1.165, 1.54) is 6.07 Å². The fraction of sp³-hybridized carbons (Fsp3) is 0.0714. The molecule has 1 aromatic carbocycles. The summed E-state index contributed by atoms with van der Waals surface area (Å²) in [7, 11) is 0. The maximum absolute atomic E-state index is 12.9. The van der Waals surface area contributed by atoms with Gasteiger partial charge in [0.25, 0.3) is 0 Å². The monoisotopic (exact) mass is 229 g/mol. The Morgan fingerprint density at radius 2 is 1.94 bits per heavy atom. The lowest BCUT2D eigenvalue weighted by Crippen LogP contribution is -1.91. The predicted octanol–water partition coefficient (Wildman–Crippen LogP) is 4.05. The van der Waals surface area contributed by atoms with Crippen LogP contribution in [0.2, 0.25) is 0 Å². The number of pyridine rings is 1. The first-order valence-electron chi connectivity index (χ1n) is 5.32. The van der Waals surface area contributed by atoms with Crippen molar-refractivity contribution in [2.75, 3.05) is 0 Å². The molecule has 0 radical (unpaired) electrons. The fourth-order valence-corrected chi connectivity index (χ4v) is 1.45. The molecular weight excluding hydrogens is 217 g/mol. The Morgan fingerprint density at radius 1 is 1.12 bits per heavy atom. The van der Waals surface area contributed by atoms with Gasteiger partial charge in [-0.05, 0) is 19.1 Å². The summed E-state index contributed by atoms with van der Waals surface area (Å²) in [6.45, 7) is 1.93. The summed E-state index contributed by atoms with van der Waals surface area (Å²) in [4.78, 5) is 3.66. The summed E-state index contributed by atoms with van der Waals surface area (Å²) in [6, 6.07) is 12.0. The third kappa shape index (κ3) is 2.91. The molecule has 0 atom stereocenters. The second-order valence-corrected chi connectivity index (χ2v) is 3.44. The molecule has 0 fully saturated rings. The molecule has 86 valence electrons. The first-order chi connectivity index (χ1) is 8.29. The largest absolute Gasteiger partial charge is 0.438 e. The number of allylic oxidation sites excluding steroid dienone is 1. The van der Waals surface area contributed by atoms with Gasteiger partial charge in [-0.15, -0.1) is 0 Å². The van der Waals surface area contributed by atoms with E-state index in [1.54, 1.807) is 12.1 Å². The molecule has 0 saturated heterocycles. The van der Waals surface area contributed by atoms with E-state index in [4.69, 9.17) is 4.74 Å². The molecule has 1 aromatic heterocycles. The van der Waals surface area contributed by atoms with E-state index in [-0.39, 0.29) is 5.88 Å². The number of nitrogens with zero attached hydrogens (tertiary/aromatic N) is 1. The van der Waals surface area contributed by atoms with E-state index < -0.39 is 5.95 Å². The maximum Gasteiger partial charge on any atom is 0.221 e. The maximum atomic E-state index is 12.9. The molecule has 2 rings (SSSR count). The van der Waals surface area contributed by atoms with Crippen LogP contribution in [-0.4, -0.2) is 4.98 Å². The van der Waals surface area contributed by atoms with Gasteiger partial charge in [0.1, 0.15) is 5.75 Å². The first-order valence-corrected chi connectivity index (χ1v) is 5.32. The van der Waals surface area contributed by atoms with Gasteiger partial charge in [-0.2, -0.15) is 9.37 Å². The lowest BCUT2D eigenvalue weighted by molar-refractivity contribution is 0.444. The highest BCUT2D eigenvalue weighted by Gasteiger charge is 2.03. The van der Waals surface area contributed by atoms with Crippen molar-refractivity contribution in [2.45, 2.75) is 6.92 Å². The van der Waals surface area contributed by atoms with Gasteiger partial charge in [0.05, 0.1) is 0 Å². The highest BCUT2D eigenvalue weighted by Crippen LogP contribution is 2.24. The van der Waals surface area contributed by atoms with E-state index in [0.29, 0.717) is 5.75 Å². The normalized spacial score (nSPS) is 10.7. The Hall–Kier alpha value is -2.16. The van der Waals surface area contributed by atoms with Gasteiger partial charge in [-0.25, -0.2) is 0 Å². The number of hydrogen-bond acceptors (Lipinski definition) is 2. The SMILES string of the molecule is CC=Cc1ccccc1Oc1cccc(F)n1. The standard InChI is InChI=1S/C14H12FNO/c1-2-6-11-7-3-4-8-12(11)17-14-10-5-9-13(15)16-14/h2-10H,1H3. The Morgan fingerprint density at radius 3 is 2.71 bits per heavy atom. The Labute approximate surface area is 99.4 Å². The minimum Gasteiger partial charge on any atom is -0.438 e. The number of aromatic nitrogens is 1. The molecule has 0 aliphatic heterocycles. The summed E-state index contributed by atoms with van der Waals surface area (Å²) >= 11 is 0. The highest BCUT2D eigenvalue weighted by molar-refractivity contribution is 5.57. The van der Waals surface area contributed by atoms with Gasteiger partial charge in [0.15, 0.2) is 0 Å². The first kappa shape index (κ1) is 11.3. The molecule has 0 aliphatic carbocycles. The number of benzene rings is 1. The molecule has 0 amide bonds. The topological polar surface area (TPSA) is 22.1 Å². The smallest absolute Gasteiger partial charge is 0.221 e. The molecule has 0 bridgehead atoms. The van der Waals surface area contributed by atoms with Crippen LogP contribution in [-0.2, 0) is 0 Å². The molecule has 2 nitrogen and oxygen atoms in total. The quantitative estimate of drug-likeness (QED) is 0.741. The van der Waals surface area contributed by atoms with Crippen molar-refractivity contribution < 1.29 is 9.13 Å². The zero-order chi connectivity index (χ0) is 12.1. The van der Waals surface area contributed by atoms with Crippen LogP contribution in [0.1, 0.15) is 12.5 Å². The summed E-state index contributed by atoms with van der Waals surface area (Å²) < 4.78 is 18.5. The molecule has 2 aromatic rings. The predicted molar refractivity (Wildman–Crippen MR) is 65.4 cm³/mol. The van der Waals surface area contributed by atoms with E-state index in [0.717, 1.165) is 5.56 Å². The number of hydrogen-bond donors (Lipinski definition) is 0. The van der Waals surface area contributed by atoms with Gasteiger partial charge in [-0.3, -0.25) is 0 Å². The third-order valence-corrected chi connectivity index (χ3v) is 2.17. The van der Waals surface area contributed by atoms with Gasteiger partial charge < -0.3 is 4.74 Å². The molecule has 0 saturated carbocycles. The molecule has 1 heterocycles. The van der Waals surface area contributed by atoms with Gasteiger partial charge in [0.2, 0.25) is 11.8 Å². The minimum absolute atomic E-state index is 0.252. The molecule has 0 N–H and O–H groups in total. The number of rotatable bonds is 3. The van der Waals surface area contributed by atoms with Crippen molar-refractivity contribution in [3.8, 4) is 11.6 Å². The second-order valence-electron chi connectivity index (χ2n) is 3.44. The van der Waals surface area contributed by atoms with Crippen molar-refractivity contribution in [2.24, 2.45) is 0 Å². The Kier molecular flexibility index (Phi) is 3.50. The van der Waals surface area contributed by atoms with Crippen LogP contribution in [0.15, 0.2) is 48.5 Å². The molecule has 0 unspecified atom stereocenters. The Balaban J connectivity index is 2.29. The summed E-state index contributed by atoms with van der Waals surface area (Å²) in [5, 5.41) is 0. The van der Waals surface area contributed by atoms with Crippen LogP contribution < -0.4 is 4.74 Å². The van der Waals surface area contributed by atoms with E-state index in [2.05, 4.69) is 4.98 Å². The van der Waals surface area contributed by atoms with Crippen molar-refractivity contribution in [3.63, 3.8) is 0 Å². The average molecular weight is 229 g/mol. The van der Waals surface area contributed by atoms with Crippen LogP contribution in [0, 0.1) is 5.95 Å². The number of ether oxygens (including phenoxy) is 1. The van der Waals surface area contributed by atoms with Gasteiger partial charge in [-0.1, -0.05) is 36.4 Å². The molecule has 0 aliphatic rings. The lowest BCUT2D eigenvalue weighted by Gasteiger charge is -2.07. The number of para-hydroxylation sites is 1. The van der Waals surface area contributed by atoms with Crippen molar-refractivity contribution >= 4 is 6.08 Å². The van der Waals surface area contributed by atoms with Gasteiger partial charge >= 0.3 is 0 Å². The van der Waals surface area contributed by atoms with Crippen molar-refractivity contribution in [1.29, 1.82) is 0 Å². The fourth-order valence-electron chi connectivity index (χ4n) is 1.45. The highest BCUT2D eigenvalue weighted by atomic mass is 19.1. The molecule has 0 spiro atoms. The Bertz CT molecular complexity index is 537. The second kappa shape index (κ2) is 5.25. The van der Waals surface area contributed by atoms with E-state index >= 15 is 0 Å². The zero-order valence-corrected chi connectivity index (χ0v) is 9.43.